The minimum atomic E-state index is -0.0462. The molecule has 3 aromatic carbocycles. The minimum absolute atomic E-state index is 0.00790. The molecule has 1 saturated heterocycles. The lowest BCUT2D eigenvalue weighted by Crippen LogP contribution is -2.50. The van der Waals surface area contributed by atoms with Gasteiger partial charge in [0, 0.05) is 49.8 Å². The quantitative estimate of drug-likeness (QED) is 0.461. The van der Waals surface area contributed by atoms with Crippen LogP contribution in [0, 0.1) is 6.92 Å². The van der Waals surface area contributed by atoms with E-state index in [0.717, 1.165) is 16.7 Å². The molecule has 0 unspecified atom stereocenters. The molecule has 5 rings (SSSR count). The van der Waals surface area contributed by atoms with Gasteiger partial charge in [-0.15, -0.1) is 0 Å². The maximum atomic E-state index is 13.0. The fourth-order valence-electron chi connectivity index (χ4n) is 4.09. The Balaban J connectivity index is 1.19. The first-order chi connectivity index (χ1) is 16.6. The van der Waals surface area contributed by atoms with Gasteiger partial charge in [-0.05, 0) is 35.4 Å². The van der Waals surface area contributed by atoms with Crippen LogP contribution in [0.25, 0.3) is 22.5 Å². The van der Waals surface area contributed by atoms with Crippen LogP contribution in [0.3, 0.4) is 0 Å². The summed E-state index contributed by atoms with van der Waals surface area (Å²) in [5, 5.41) is 3.90. The molecule has 7 heteroatoms. The molecule has 2 amide bonds. The van der Waals surface area contributed by atoms with Gasteiger partial charge in [-0.1, -0.05) is 59.8 Å². The molecular weight excluding hydrogens is 428 g/mol. The van der Waals surface area contributed by atoms with Gasteiger partial charge in [0.1, 0.15) is 0 Å². The number of hydrogen-bond acceptors (Lipinski definition) is 5. The van der Waals surface area contributed by atoms with Crippen molar-refractivity contribution in [1.29, 1.82) is 0 Å². The molecule has 170 valence electrons. The Labute approximate surface area is 197 Å². The van der Waals surface area contributed by atoms with E-state index in [4.69, 9.17) is 4.52 Å². The number of amides is 2. The Morgan fingerprint density at radius 2 is 1.15 bits per heavy atom. The van der Waals surface area contributed by atoms with Crippen molar-refractivity contribution in [1.82, 2.24) is 19.9 Å². The molecule has 7 nitrogen and oxygen atoms in total. The largest absolute Gasteiger partial charge is 0.339 e. The van der Waals surface area contributed by atoms with Gasteiger partial charge in [-0.25, -0.2) is 0 Å². The summed E-state index contributed by atoms with van der Waals surface area (Å²) < 4.78 is 5.01. The van der Waals surface area contributed by atoms with E-state index in [-0.39, 0.29) is 11.8 Å². The van der Waals surface area contributed by atoms with Crippen molar-refractivity contribution < 1.29 is 14.1 Å². The highest BCUT2D eigenvalue weighted by Crippen LogP contribution is 2.21. The summed E-state index contributed by atoms with van der Waals surface area (Å²) in [4.78, 5) is 33.7. The van der Waals surface area contributed by atoms with Crippen LogP contribution in [0.4, 0.5) is 0 Å². The van der Waals surface area contributed by atoms with Crippen LogP contribution < -0.4 is 0 Å². The molecule has 4 aromatic rings. The lowest BCUT2D eigenvalue weighted by molar-refractivity contribution is 0.0535. The Morgan fingerprint density at radius 3 is 1.62 bits per heavy atom. The van der Waals surface area contributed by atoms with Gasteiger partial charge in [0.2, 0.25) is 11.7 Å². The summed E-state index contributed by atoms with van der Waals surface area (Å²) in [6.45, 7) is 3.74. The van der Waals surface area contributed by atoms with Crippen molar-refractivity contribution in [2.24, 2.45) is 0 Å². The van der Waals surface area contributed by atoms with Crippen LogP contribution >= 0.6 is 0 Å². The molecule has 0 atom stereocenters. The Bertz CT molecular complexity index is 1290. The highest BCUT2D eigenvalue weighted by molar-refractivity contribution is 5.96. The summed E-state index contributed by atoms with van der Waals surface area (Å²) in [7, 11) is 0. The average molecular weight is 453 g/mol. The van der Waals surface area contributed by atoms with Gasteiger partial charge in [0.05, 0.1) is 0 Å². The van der Waals surface area contributed by atoms with E-state index in [1.165, 1.54) is 0 Å². The normalized spacial score (nSPS) is 13.7. The Hall–Kier alpha value is -4.26. The molecule has 1 aromatic heterocycles. The number of hydrogen-bond donors (Lipinski definition) is 0. The van der Waals surface area contributed by atoms with E-state index in [0.29, 0.717) is 49.0 Å². The summed E-state index contributed by atoms with van der Waals surface area (Å²) in [5.74, 6) is 0.941. The van der Waals surface area contributed by atoms with E-state index >= 15 is 0 Å². The van der Waals surface area contributed by atoms with Crippen molar-refractivity contribution in [2.45, 2.75) is 6.92 Å². The van der Waals surface area contributed by atoms with Crippen LogP contribution in [0.15, 0.2) is 83.4 Å². The van der Waals surface area contributed by atoms with E-state index in [2.05, 4.69) is 10.1 Å². The maximum Gasteiger partial charge on any atom is 0.253 e. The number of nitrogens with zero attached hydrogens (tertiary/aromatic N) is 4. The second-order valence-electron chi connectivity index (χ2n) is 8.24. The first-order valence-electron chi connectivity index (χ1n) is 11.2. The summed E-state index contributed by atoms with van der Waals surface area (Å²) in [6.07, 6.45) is 0. The SMILES string of the molecule is Cc1nc(-c2ccc(C(=O)N3CCN(C(=O)c4ccc(-c5ccccc5)cc4)CC3)cc2)no1. The first-order valence-corrected chi connectivity index (χ1v) is 11.2. The van der Waals surface area contributed by atoms with Crippen LogP contribution in [0.5, 0.6) is 0 Å². The summed E-state index contributed by atoms with van der Waals surface area (Å²) >= 11 is 0. The van der Waals surface area contributed by atoms with Crippen molar-refractivity contribution in [2.75, 3.05) is 26.2 Å². The van der Waals surface area contributed by atoms with Gasteiger partial charge in [-0.2, -0.15) is 4.98 Å². The summed E-state index contributed by atoms with van der Waals surface area (Å²) in [5.41, 5.74) is 4.25. The van der Waals surface area contributed by atoms with Gasteiger partial charge in [0.25, 0.3) is 11.8 Å². The molecular formula is C27H24N4O3. The Morgan fingerprint density at radius 1 is 0.676 bits per heavy atom. The molecule has 1 aliphatic rings. The molecule has 0 saturated carbocycles. The molecule has 2 heterocycles. The van der Waals surface area contributed by atoms with Crippen LogP contribution in [-0.2, 0) is 0 Å². The molecule has 0 aliphatic carbocycles. The topological polar surface area (TPSA) is 79.5 Å². The Kier molecular flexibility index (Phi) is 5.91. The molecule has 0 N–H and O–H groups in total. The number of aryl methyl sites for hydroxylation is 1. The molecule has 0 spiro atoms. The maximum absolute atomic E-state index is 13.0. The zero-order valence-corrected chi connectivity index (χ0v) is 18.8. The van der Waals surface area contributed by atoms with Gasteiger partial charge in [0.15, 0.2) is 0 Å². The lowest BCUT2D eigenvalue weighted by Gasteiger charge is -2.35. The zero-order valence-electron chi connectivity index (χ0n) is 18.8. The smallest absolute Gasteiger partial charge is 0.253 e. The predicted molar refractivity (Wildman–Crippen MR) is 128 cm³/mol. The number of piperazine rings is 1. The molecule has 1 fully saturated rings. The van der Waals surface area contributed by atoms with Crippen LogP contribution in [0.1, 0.15) is 26.6 Å². The van der Waals surface area contributed by atoms with Gasteiger partial charge in [-0.3, -0.25) is 9.59 Å². The van der Waals surface area contributed by atoms with Crippen LogP contribution in [0.2, 0.25) is 0 Å². The van der Waals surface area contributed by atoms with E-state index in [1.54, 1.807) is 24.0 Å². The second kappa shape index (κ2) is 9.31. The molecule has 0 bridgehead atoms. The molecule has 0 radical (unpaired) electrons. The number of aromatic nitrogens is 2. The van der Waals surface area contributed by atoms with Gasteiger partial charge >= 0.3 is 0 Å². The highest BCUT2D eigenvalue weighted by Gasteiger charge is 2.25. The summed E-state index contributed by atoms with van der Waals surface area (Å²) in [6, 6.07) is 24.9. The second-order valence-corrected chi connectivity index (χ2v) is 8.24. The van der Waals surface area contributed by atoms with Crippen LogP contribution in [-0.4, -0.2) is 57.9 Å². The van der Waals surface area contributed by atoms with E-state index < -0.39 is 0 Å². The average Bonchev–Trinajstić information content (AvgIpc) is 3.35. The zero-order chi connectivity index (χ0) is 23.5. The fourth-order valence-corrected chi connectivity index (χ4v) is 4.09. The van der Waals surface area contributed by atoms with Crippen molar-refractivity contribution in [3.63, 3.8) is 0 Å². The van der Waals surface area contributed by atoms with Crippen molar-refractivity contribution >= 4 is 11.8 Å². The predicted octanol–water partition coefficient (Wildman–Crippen LogP) is 4.31. The number of carbonyl (C=O) groups is 2. The highest BCUT2D eigenvalue weighted by atomic mass is 16.5. The number of carbonyl (C=O) groups excluding carboxylic acids is 2. The molecule has 34 heavy (non-hydrogen) atoms. The molecule has 1 aliphatic heterocycles. The lowest BCUT2D eigenvalue weighted by atomic mass is 10.0. The van der Waals surface area contributed by atoms with Crippen molar-refractivity contribution in [3.05, 3.63) is 95.9 Å². The third kappa shape index (κ3) is 4.45. The fraction of sp³-hybridized carbons (Fsp3) is 0.185. The third-order valence-corrected chi connectivity index (χ3v) is 6.01. The standard InChI is InChI=1S/C27H24N4O3/c1-19-28-25(29-34-19)22-9-13-24(14-10-22)27(33)31-17-15-30(16-18-31)26(32)23-11-7-21(8-12-23)20-5-3-2-4-6-20/h2-14H,15-18H2,1H3. The van der Waals surface area contributed by atoms with Crippen molar-refractivity contribution in [3.8, 4) is 22.5 Å². The number of rotatable bonds is 4. The van der Waals surface area contributed by atoms with Gasteiger partial charge < -0.3 is 14.3 Å². The number of benzene rings is 3. The first kappa shape index (κ1) is 21.6. The third-order valence-electron chi connectivity index (χ3n) is 6.01. The van der Waals surface area contributed by atoms with E-state index in [9.17, 15) is 9.59 Å². The monoisotopic (exact) mass is 452 g/mol. The minimum Gasteiger partial charge on any atom is -0.339 e. The van der Waals surface area contributed by atoms with E-state index in [1.807, 2.05) is 71.6 Å².